The summed E-state index contributed by atoms with van der Waals surface area (Å²) in [5, 5.41) is 28.8. The lowest BCUT2D eigenvalue weighted by Gasteiger charge is -1.98. The van der Waals surface area contributed by atoms with Crippen LogP contribution in [0.3, 0.4) is 0 Å². The van der Waals surface area contributed by atoms with Crippen LogP contribution in [0.5, 0.6) is 0 Å². The molecule has 0 aliphatic carbocycles. The van der Waals surface area contributed by atoms with E-state index in [4.69, 9.17) is 0 Å². The second-order valence-corrected chi connectivity index (χ2v) is 4.67. The molecule has 3 aromatic rings. The highest BCUT2D eigenvalue weighted by molar-refractivity contribution is 6.06. The third-order valence-corrected chi connectivity index (χ3v) is 3.07. The quantitative estimate of drug-likeness (QED) is 0.372. The van der Waals surface area contributed by atoms with Crippen LogP contribution < -0.4 is 0 Å². The summed E-state index contributed by atoms with van der Waals surface area (Å²) in [4.78, 5) is 12.0. The Hall–Kier alpha value is -3.36. The molecule has 0 atom stereocenters. The molecule has 0 aliphatic heterocycles. The van der Waals surface area contributed by atoms with Crippen molar-refractivity contribution in [1.82, 2.24) is 30.8 Å². The summed E-state index contributed by atoms with van der Waals surface area (Å²) in [7, 11) is 0. The fourth-order valence-electron chi connectivity index (χ4n) is 1.95. The molecule has 0 bridgehead atoms. The number of rotatable bonds is 5. The van der Waals surface area contributed by atoms with Gasteiger partial charge in [-0.25, -0.2) is 4.39 Å². The zero-order valence-electron chi connectivity index (χ0n) is 11.7. The standard InChI is InChI=1S/C14H11FN6O2/c15-10-4-2-1-3-8(10)5-9-6-11(17-16-9)12(22)7-13(23)14-18-20-21-19-14/h1-4,6-7,23H,5H2,(H,16,17)(H,18,19,20,21). The van der Waals surface area contributed by atoms with Crippen molar-refractivity contribution in [3.05, 3.63) is 65.0 Å². The van der Waals surface area contributed by atoms with Gasteiger partial charge in [-0.2, -0.15) is 10.3 Å². The van der Waals surface area contributed by atoms with Crippen molar-refractivity contribution in [3.63, 3.8) is 0 Å². The number of allylic oxidation sites excluding steroid dienone is 1. The van der Waals surface area contributed by atoms with Crippen LogP contribution >= 0.6 is 0 Å². The van der Waals surface area contributed by atoms with E-state index >= 15 is 0 Å². The van der Waals surface area contributed by atoms with Gasteiger partial charge in [-0.3, -0.25) is 9.89 Å². The second kappa shape index (κ2) is 6.18. The van der Waals surface area contributed by atoms with Crippen LogP contribution in [0.25, 0.3) is 5.76 Å². The number of nitrogens with one attached hydrogen (secondary N) is 2. The molecule has 0 saturated carbocycles. The molecule has 0 unspecified atom stereocenters. The Kier molecular flexibility index (Phi) is 3.91. The van der Waals surface area contributed by atoms with Crippen LogP contribution in [0.1, 0.15) is 27.6 Å². The molecule has 23 heavy (non-hydrogen) atoms. The topological polar surface area (TPSA) is 120 Å². The first-order valence-electron chi connectivity index (χ1n) is 6.60. The molecule has 0 radical (unpaired) electrons. The third-order valence-electron chi connectivity index (χ3n) is 3.07. The molecule has 8 nitrogen and oxygen atoms in total. The summed E-state index contributed by atoms with van der Waals surface area (Å²) in [6.45, 7) is 0. The molecule has 1 aromatic carbocycles. The highest BCUT2D eigenvalue weighted by Crippen LogP contribution is 2.13. The molecule has 0 saturated heterocycles. The Morgan fingerprint density at radius 2 is 2.13 bits per heavy atom. The molecule has 2 aromatic heterocycles. The Labute approximate surface area is 129 Å². The van der Waals surface area contributed by atoms with Gasteiger partial charge in [0.1, 0.15) is 11.5 Å². The summed E-state index contributed by atoms with van der Waals surface area (Å²) >= 11 is 0. The molecule has 3 N–H and O–H groups in total. The number of aromatic amines is 2. The van der Waals surface area contributed by atoms with Crippen molar-refractivity contribution < 1.29 is 14.3 Å². The molecular formula is C14H11FN6O2. The van der Waals surface area contributed by atoms with Crippen molar-refractivity contribution in [1.29, 1.82) is 0 Å². The predicted octanol–water partition coefficient (Wildman–Crippen LogP) is 1.43. The van der Waals surface area contributed by atoms with Gasteiger partial charge < -0.3 is 5.11 Å². The Morgan fingerprint density at radius 1 is 1.30 bits per heavy atom. The monoisotopic (exact) mass is 314 g/mol. The molecule has 3 rings (SSSR count). The van der Waals surface area contributed by atoms with Crippen LogP contribution in [0, 0.1) is 5.82 Å². The van der Waals surface area contributed by atoms with E-state index in [2.05, 4.69) is 30.8 Å². The van der Waals surface area contributed by atoms with Crippen molar-refractivity contribution in [3.8, 4) is 0 Å². The van der Waals surface area contributed by atoms with Gasteiger partial charge in [0.25, 0.3) is 0 Å². The summed E-state index contributed by atoms with van der Waals surface area (Å²) in [6, 6.07) is 7.83. The first-order chi connectivity index (χ1) is 11.1. The maximum atomic E-state index is 13.6. The normalized spacial score (nSPS) is 11.6. The molecule has 9 heteroatoms. The van der Waals surface area contributed by atoms with Gasteiger partial charge in [0.05, 0.1) is 5.69 Å². The number of halogens is 1. The maximum Gasteiger partial charge on any atom is 0.239 e. The Bertz CT molecular complexity index is 856. The van der Waals surface area contributed by atoms with Crippen molar-refractivity contribution in [2.75, 3.05) is 0 Å². The largest absolute Gasteiger partial charge is 0.504 e. The van der Waals surface area contributed by atoms with Crippen LogP contribution in [0.15, 0.2) is 36.4 Å². The van der Waals surface area contributed by atoms with Crippen LogP contribution in [0.2, 0.25) is 0 Å². The number of aliphatic hydroxyl groups is 1. The second-order valence-electron chi connectivity index (χ2n) is 4.67. The number of aromatic nitrogens is 6. The van der Waals surface area contributed by atoms with E-state index in [1.54, 1.807) is 18.2 Å². The number of nitrogens with zero attached hydrogens (tertiary/aromatic N) is 4. The molecule has 116 valence electrons. The number of tetrazole rings is 1. The minimum atomic E-state index is -0.514. The summed E-state index contributed by atoms with van der Waals surface area (Å²) in [5.41, 5.74) is 1.14. The smallest absolute Gasteiger partial charge is 0.239 e. The first-order valence-corrected chi connectivity index (χ1v) is 6.60. The van der Waals surface area contributed by atoms with Crippen LogP contribution in [-0.4, -0.2) is 41.7 Å². The number of benzene rings is 1. The summed E-state index contributed by atoms with van der Waals surface area (Å²) < 4.78 is 13.6. The highest BCUT2D eigenvalue weighted by Gasteiger charge is 2.13. The summed E-state index contributed by atoms with van der Waals surface area (Å²) in [6.07, 6.45) is 1.20. The van der Waals surface area contributed by atoms with Crippen molar-refractivity contribution >= 4 is 11.5 Å². The molecule has 0 spiro atoms. The first kappa shape index (κ1) is 14.6. The molecule has 0 fully saturated rings. The molecular weight excluding hydrogens is 303 g/mol. The molecule has 0 aliphatic rings. The van der Waals surface area contributed by atoms with Gasteiger partial charge >= 0.3 is 0 Å². The number of ketones is 1. The number of hydrogen-bond donors (Lipinski definition) is 3. The lowest BCUT2D eigenvalue weighted by Crippen LogP contribution is -1.98. The zero-order chi connectivity index (χ0) is 16.2. The average Bonchev–Trinajstić information content (AvgIpc) is 3.21. The number of carbonyl (C=O) groups excluding carboxylic acids is 1. The van der Waals surface area contributed by atoms with E-state index in [1.165, 1.54) is 12.1 Å². The van der Waals surface area contributed by atoms with Gasteiger partial charge in [0.15, 0.2) is 5.76 Å². The van der Waals surface area contributed by atoms with Crippen LogP contribution in [-0.2, 0) is 6.42 Å². The fourth-order valence-corrected chi connectivity index (χ4v) is 1.95. The third kappa shape index (κ3) is 3.28. The van der Waals surface area contributed by atoms with E-state index in [-0.39, 0.29) is 23.8 Å². The van der Waals surface area contributed by atoms with Gasteiger partial charge in [-0.1, -0.05) is 18.2 Å². The number of aliphatic hydroxyl groups excluding tert-OH is 1. The summed E-state index contributed by atoms with van der Waals surface area (Å²) in [5.74, 6) is -1.36. The van der Waals surface area contributed by atoms with Gasteiger partial charge in [0, 0.05) is 12.5 Å². The Morgan fingerprint density at radius 3 is 2.87 bits per heavy atom. The van der Waals surface area contributed by atoms with E-state index < -0.39 is 11.5 Å². The van der Waals surface area contributed by atoms with Crippen molar-refractivity contribution in [2.45, 2.75) is 6.42 Å². The SMILES string of the molecule is O=C(C=C(O)c1nn[nH]n1)c1cc(Cc2ccccc2F)n[nH]1. The molecule has 0 amide bonds. The minimum Gasteiger partial charge on any atom is -0.504 e. The maximum absolute atomic E-state index is 13.6. The molecule has 2 heterocycles. The van der Waals surface area contributed by atoms with E-state index in [0.29, 0.717) is 11.3 Å². The van der Waals surface area contributed by atoms with Gasteiger partial charge in [-0.15, -0.1) is 10.2 Å². The number of hydrogen-bond acceptors (Lipinski definition) is 6. The fraction of sp³-hybridized carbons (Fsp3) is 0.0714. The average molecular weight is 314 g/mol. The van der Waals surface area contributed by atoms with Crippen LogP contribution in [0.4, 0.5) is 4.39 Å². The van der Waals surface area contributed by atoms with Crippen molar-refractivity contribution in [2.24, 2.45) is 0 Å². The number of H-pyrrole nitrogens is 2. The lowest BCUT2D eigenvalue weighted by atomic mass is 10.1. The van der Waals surface area contributed by atoms with E-state index in [0.717, 1.165) is 6.08 Å². The highest BCUT2D eigenvalue weighted by atomic mass is 19.1. The minimum absolute atomic E-state index is 0.0931. The van der Waals surface area contributed by atoms with Gasteiger partial charge in [-0.05, 0) is 22.9 Å². The Balaban J connectivity index is 1.75. The number of carbonyl (C=O) groups is 1. The van der Waals surface area contributed by atoms with E-state index in [9.17, 15) is 14.3 Å². The predicted molar refractivity (Wildman–Crippen MR) is 76.9 cm³/mol. The zero-order valence-corrected chi connectivity index (χ0v) is 11.7. The van der Waals surface area contributed by atoms with E-state index in [1.807, 2.05) is 0 Å². The lowest BCUT2D eigenvalue weighted by molar-refractivity contribution is 0.104. The van der Waals surface area contributed by atoms with Gasteiger partial charge in [0.2, 0.25) is 11.6 Å².